The Kier molecular flexibility index (Phi) is 8.14. The van der Waals surface area contributed by atoms with Gasteiger partial charge in [-0.2, -0.15) is 11.8 Å². The Labute approximate surface area is 157 Å². The first kappa shape index (κ1) is 20.0. The maximum atomic E-state index is 12.5. The van der Waals surface area contributed by atoms with Gasteiger partial charge in [-0.05, 0) is 36.6 Å². The summed E-state index contributed by atoms with van der Waals surface area (Å²) in [7, 11) is 0. The van der Waals surface area contributed by atoms with Gasteiger partial charge in [0.2, 0.25) is 5.91 Å². The zero-order valence-corrected chi connectivity index (χ0v) is 15.4. The molecule has 1 atom stereocenters. The van der Waals surface area contributed by atoms with Crippen LogP contribution in [0.25, 0.3) is 0 Å². The summed E-state index contributed by atoms with van der Waals surface area (Å²) in [5, 5.41) is 11.8. The lowest BCUT2D eigenvalue weighted by Crippen LogP contribution is -2.48. The number of aliphatic hydroxyl groups is 1. The number of hydrogen-bond acceptors (Lipinski definition) is 6. The topological polar surface area (TPSA) is 90.5 Å². The van der Waals surface area contributed by atoms with E-state index in [0.29, 0.717) is 23.2 Å². The molecule has 0 radical (unpaired) electrons. The molecule has 0 fully saturated rings. The lowest BCUT2D eigenvalue weighted by molar-refractivity contribution is -0.122. The summed E-state index contributed by atoms with van der Waals surface area (Å²) >= 11 is 1.62. The molecule has 2 rings (SSSR count). The highest BCUT2D eigenvalue weighted by molar-refractivity contribution is 7.98. The predicted molar refractivity (Wildman–Crippen MR) is 105 cm³/mol. The van der Waals surface area contributed by atoms with Gasteiger partial charge in [0, 0.05) is 11.1 Å². The lowest BCUT2D eigenvalue weighted by atomic mass is 10.2. The number of carbonyl (C=O) groups excluding carboxylic acids is 2. The van der Waals surface area contributed by atoms with Gasteiger partial charge in [0.05, 0.1) is 12.3 Å². The van der Waals surface area contributed by atoms with E-state index in [2.05, 4.69) is 16.2 Å². The summed E-state index contributed by atoms with van der Waals surface area (Å²) < 4.78 is 0. The molecule has 2 aromatic rings. The van der Waals surface area contributed by atoms with Gasteiger partial charge in [-0.3, -0.25) is 14.9 Å². The second-order valence-electron chi connectivity index (χ2n) is 5.60. The number of thioether (sulfide) groups is 1. The second kappa shape index (κ2) is 10.6. The number of hydrogen-bond donors (Lipinski definition) is 4. The van der Waals surface area contributed by atoms with Gasteiger partial charge in [-0.15, -0.1) is 0 Å². The van der Waals surface area contributed by atoms with Gasteiger partial charge in [0.25, 0.3) is 5.91 Å². The van der Waals surface area contributed by atoms with Gasteiger partial charge in [0.1, 0.15) is 6.04 Å². The third kappa shape index (κ3) is 5.87. The SMILES string of the molecule is CSCCC(NNc1ccccc1CO)C(=O)NC(=O)c1ccccc1. The van der Waals surface area contributed by atoms with Crippen LogP contribution in [0.4, 0.5) is 5.69 Å². The number of carbonyl (C=O) groups is 2. The number of nitrogens with one attached hydrogen (secondary N) is 3. The summed E-state index contributed by atoms with van der Waals surface area (Å²) in [5.41, 5.74) is 7.77. The first-order chi connectivity index (χ1) is 12.7. The van der Waals surface area contributed by atoms with Crippen LogP contribution in [0, 0.1) is 0 Å². The van der Waals surface area contributed by atoms with E-state index in [1.165, 1.54) is 0 Å². The molecular weight excluding hydrogens is 350 g/mol. The molecule has 0 saturated heterocycles. The summed E-state index contributed by atoms with van der Waals surface area (Å²) in [6, 6.07) is 15.3. The number of aliphatic hydroxyl groups excluding tert-OH is 1. The molecular formula is C19H23N3O3S. The Morgan fingerprint density at radius 3 is 2.46 bits per heavy atom. The molecule has 2 aromatic carbocycles. The number of rotatable bonds is 9. The van der Waals surface area contributed by atoms with E-state index in [0.717, 1.165) is 5.75 Å². The van der Waals surface area contributed by atoms with Crippen LogP contribution in [-0.4, -0.2) is 35.0 Å². The van der Waals surface area contributed by atoms with E-state index in [1.54, 1.807) is 48.2 Å². The Morgan fingerprint density at radius 2 is 1.77 bits per heavy atom. The van der Waals surface area contributed by atoms with Gasteiger partial charge in [-0.25, -0.2) is 5.43 Å². The van der Waals surface area contributed by atoms with Crippen molar-refractivity contribution in [2.75, 3.05) is 17.4 Å². The Morgan fingerprint density at radius 1 is 1.08 bits per heavy atom. The fourth-order valence-electron chi connectivity index (χ4n) is 2.31. The number of hydrazine groups is 1. The minimum Gasteiger partial charge on any atom is -0.392 e. The standard InChI is InChI=1S/C19H23N3O3S/c1-26-12-11-17(22-21-16-10-6-5-9-15(16)13-23)19(25)20-18(24)14-7-3-2-4-8-14/h2-10,17,21-23H,11-13H2,1H3,(H,20,24,25). The first-order valence-electron chi connectivity index (χ1n) is 8.25. The number of para-hydroxylation sites is 1. The quantitative estimate of drug-likeness (QED) is 0.504. The van der Waals surface area contributed by atoms with Crippen molar-refractivity contribution in [2.24, 2.45) is 0 Å². The Bertz CT molecular complexity index is 725. The van der Waals surface area contributed by atoms with E-state index in [-0.39, 0.29) is 6.61 Å². The number of amides is 2. The molecule has 0 heterocycles. The predicted octanol–water partition coefficient (Wildman–Crippen LogP) is 2.17. The largest absolute Gasteiger partial charge is 0.392 e. The summed E-state index contributed by atoms with van der Waals surface area (Å²) in [4.78, 5) is 24.7. The molecule has 4 N–H and O–H groups in total. The van der Waals surface area contributed by atoms with Gasteiger partial charge in [0.15, 0.2) is 0 Å². The number of anilines is 1. The molecule has 2 amide bonds. The van der Waals surface area contributed by atoms with Crippen molar-refractivity contribution in [3.8, 4) is 0 Å². The van der Waals surface area contributed by atoms with Crippen LogP contribution >= 0.6 is 11.8 Å². The van der Waals surface area contributed by atoms with Gasteiger partial charge < -0.3 is 10.5 Å². The molecule has 0 spiro atoms. The van der Waals surface area contributed by atoms with Crippen molar-refractivity contribution in [2.45, 2.75) is 19.1 Å². The summed E-state index contributed by atoms with van der Waals surface area (Å²) in [6.45, 7) is -0.112. The molecule has 0 aromatic heterocycles. The molecule has 1 unspecified atom stereocenters. The summed E-state index contributed by atoms with van der Waals surface area (Å²) in [5.74, 6) is -0.0716. The molecule has 26 heavy (non-hydrogen) atoms. The first-order valence-corrected chi connectivity index (χ1v) is 9.64. The minimum absolute atomic E-state index is 0.112. The van der Waals surface area contributed by atoms with Crippen molar-refractivity contribution in [1.82, 2.24) is 10.7 Å². The van der Waals surface area contributed by atoms with E-state index < -0.39 is 17.9 Å². The second-order valence-corrected chi connectivity index (χ2v) is 6.59. The van der Waals surface area contributed by atoms with E-state index in [9.17, 15) is 14.7 Å². The molecule has 6 nitrogen and oxygen atoms in total. The lowest BCUT2D eigenvalue weighted by Gasteiger charge is -2.20. The Hall–Kier alpha value is -2.35. The van der Waals surface area contributed by atoms with E-state index in [1.807, 2.05) is 24.5 Å². The summed E-state index contributed by atoms with van der Waals surface area (Å²) in [6.07, 6.45) is 2.50. The zero-order valence-electron chi connectivity index (χ0n) is 14.6. The highest BCUT2D eigenvalue weighted by atomic mass is 32.2. The van der Waals surface area contributed by atoms with Crippen LogP contribution in [0.5, 0.6) is 0 Å². The van der Waals surface area contributed by atoms with Crippen molar-refractivity contribution < 1.29 is 14.7 Å². The number of benzene rings is 2. The van der Waals surface area contributed by atoms with E-state index >= 15 is 0 Å². The fraction of sp³-hybridized carbons (Fsp3) is 0.263. The van der Waals surface area contributed by atoms with Crippen molar-refractivity contribution >= 4 is 29.3 Å². The minimum atomic E-state index is -0.595. The van der Waals surface area contributed by atoms with Crippen LogP contribution in [0.1, 0.15) is 22.3 Å². The fourth-order valence-corrected chi connectivity index (χ4v) is 2.78. The monoisotopic (exact) mass is 373 g/mol. The van der Waals surface area contributed by atoms with Crippen molar-refractivity contribution in [3.05, 3.63) is 65.7 Å². The van der Waals surface area contributed by atoms with E-state index in [4.69, 9.17) is 0 Å². The maximum Gasteiger partial charge on any atom is 0.257 e. The zero-order chi connectivity index (χ0) is 18.8. The average molecular weight is 373 g/mol. The highest BCUT2D eigenvalue weighted by Crippen LogP contribution is 2.14. The van der Waals surface area contributed by atoms with Crippen LogP contribution in [-0.2, 0) is 11.4 Å². The Balaban J connectivity index is 2.01. The third-order valence-corrected chi connectivity index (χ3v) is 4.41. The van der Waals surface area contributed by atoms with Crippen molar-refractivity contribution in [3.63, 3.8) is 0 Å². The molecule has 0 bridgehead atoms. The van der Waals surface area contributed by atoms with Crippen LogP contribution in [0.15, 0.2) is 54.6 Å². The van der Waals surface area contributed by atoms with Crippen LogP contribution < -0.4 is 16.2 Å². The van der Waals surface area contributed by atoms with Crippen LogP contribution in [0.3, 0.4) is 0 Å². The van der Waals surface area contributed by atoms with Crippen LogP contribution in [0.2, 0.25) is 0 Å². The smallest absolute Gasteiger partial charge is 0.257 e. The average Bonchev–Trinajstić information content (AvgIpc) is 2.68. The third-order valence-electron chi connectivity index (χ3n) is 3.77. The normalized spacial score (nSPS) is 11.6. The number of imide groups is 1. The molecule has 138 valence electrons. The van der Waals surface area contributed by atoms with Gasteiger partial charge >= 0.3 is 0 Å². The molecule has 0 aliphatic heterocycles. The molecule has 0 saturated carbocycles. The van der Waals surface area contributed by atoms with Crippen molar-refractivity contribution in [1.29, 1.82) is 0 Å². The highest BCUT2D eigenvalue weighted by Gasteiger charge is 2.20. The molecule has 7 heteroatoms. The maximum absolute atomic E-state index is 12.5. The molecule has 0 aliphatic carbocycles. The molecule has 0 aliphatic rings. The van der Waals surface area contributed by atoms with Gasteiger partial charge in [-0.1, -0.05) is 36.4 Å².